The summed E-state index contributed by atoms with van der Waals surface area (Å²) in [6.07, 6.45) is 2.77. The van der Waals surface area contributed by atoms with E-state index in [-0.39, 0.29) is 44.3 Å². The van der Waals surface area contributed by atoms with Gasteiger partial charge in [0.05, 0.1) is 12.1 Å². The van der Waals surface area contributed by atoms with Crippen molar-refractivity contribution in [3.05, 3.63) is 53.9 Å². The monoisotopic (exact) mass is 420 g/mol. The van der Waals surface area contributed by atoms with Gasteiger partial charge in [-0.05, 0) is 22.4 Å². The average Bonchev–Trinajstić information content (AvgIpc) is 3.36. The molecular formula is C20H26F2N6O2. The van der Waals surface area contributed by atoms with Gasteiger partial charge in [-0.2, -0.15) is 0 Å². The Morgan fingerprint density at radius 1 is 1.30 bits per heavy atom. The minimum atomic E-state index is -2.86. The van der Waals surface area contributed by atoms with Crippen molar-refractivity contribution in [2.75, 3.05) is 13.1 Å². The van der Waals surface area contributed by atoms with Gasteiger partial charge >= 0.3 is 6.03 Å². The van der Waals surface area contributed by atoms with E-state index in [0.29, 0.717) is 18.8 Å². The van der Waals surface area contributed by atoms with Crippen LogP contribution < -0.4 is 5.32 Å². The van der Waals surface area contributed by atoms with Gasteiger partial charge in [-0.1, -0.05) is 42.5 Å². The lowest BCUT2D eigenvalue weighted by molar-refractivity contribution is -0.0193. The minimum Gasteiger partial charge on any atom is -0.389 e. The molecule has 3 rings (SSSR count). The van der Waals surface area contributed by atoms with Gasteiger partial charge in [-0.15, -0.1) is 5.10 Å². The van der Waals surface area contributed by atoms with Crippen molar-refractivity contribution >= 4 is 6.03 Å². The summed E-state index contributed by atoms with van der Waals surface area (Å²) in [5.41, 5.74) is 1.01. The number of halogens is 2. The number of hydrogen-bond donors (Lipinski definition) is 3. The maximum Gasteiger partial charge on any atom is 0.318 e. The molecule has 0 radical (unpaired) electrons. The fraction of sp³-hybridized carbons (Fsp3) is 0.500. The molecular weight excluding hydrogens is 394 g/mol. The molecule has 2 amide bonds. The molecule has 30 heavy (non-hydrogen) atoms. The highest BCUT2D eigenvalue weighted by Gasteiger charge is 2.32. The van der Waals surface area contributed by atoms with Crippen molar-refractivity contribution in [1.29, 1.82) is 0 Å². The number of hydrogen-bond acceptors (Lipinski definition) is 5. The third-order valence-corrected chi connectivity index (χ3v) is 5.03. The fourth-order valence-corrected chi connectivity index (χ4v) is 3.39. The van der Waals surface area contributed by atoms with E-state index in [2.05, 4.69) is 25.9 Å². The lowest BCUT2D eigenvalue weighted by Crippen LogP contribution is -2.35. The second kappa shape index (κ2) is 10.2. The van der Waals surface area contributed by atoms with Gasteiger partial charge in [0.25, 0.3) is 0 Å². The van der Waals surface area contributed by atoms with Crippen molar-refractivity contribution in [3.63, 3.8) is 0 Å². The van der Waals surface area contributed by atoms with E-state index in [4.69, 9.17) is 0 Å². The SMILES string of the molecule is O=C1NC[C@H](/C=C/C(O)Cc2ccccc2)N1CCCC(F)(F)CCc1nnn[nH]1. The van der Waals surface area contributed by atoms with Crippen molar-refractivity contribution < 1.29 is 18.7 Å². The Hall–Kier alpha value is -2.88. The van der Waals surface area contributed by atoms with E-state index in [0.717, 1.165) is 5.56 Å². The molecule has 0 saturated carbocycles. The molecule has 1 aliphatic rings. The zero-order chi connectivity index (χ0) is 21.4. The first kappa shape index (κ1) is 21.8. The van der Waals surface area contributed by atoms with E-state index >= 15 is 0 Å². The number of aliphatic hydroxyl groups is 1. The van der Waals surface area contributed by atoms with Crippen LogP contribution in [-0.4, -0.2) is 67.8 Å². The van der Waals surface area contributed by atoms with Gasteiger partial charge < -0.3 is 15.3 Å². The van der Waals surface area contributed by atoms with Crippen LogP contribution in [0.1, 0.15) is 30.7 Å². The first-order chi connectivity index (χ1) is 14.4. The van der Waals surface area contributed by atoms with Crippen LogP contribution in [0.5, 0.6) is 0 Å². The largest absolute Gasteiger partial charge is 0.389 e. The van der Waals surface area contributed by atoms with E-state index < -0.39 is 12.0 Å². The van der Waals surface area contributed by atoms with Crippen molar-refractivity contribution in [2.24, 2.45) is 0 Å². The van der Waals surface area contributed by atoms with Crippen molar-refractivity contribution in [1.82, 2.24) is 30.8 Å². The minimum absolute atomic E-state index is 0.0644. The number of carbonyl (C=O) groups is 1. The van der Waals surface area contributed by atoms with Crippen LogP contribution in [-0.2, 0) is 12.8 Å². The van der Waals surface area contributed by atoms with Gasteiger partial charge in [0.2, 0.25) is 5.92 Å². The third kappa shape index (κ3) is 6.58. The third-order valence-electron chi connectivity index (χ3n) is 5.03. The summed E-state index contributed by atoms with van der Waals surface area (Å²) in [6, 6.07) is 9.05. The maximum absolute atomic E-state index is 14.1. The van der Waals surface area contributed by atoms with Gasteiger partial charge in [-0.3, -0.25) is 0 Å². The van der Waals surface area contributed by atoms with Crippen LogP contribution in [0.2, 0.25) is 0 Å². The van der Waals surface area contributed by atoms with Crippen LogP contribution in [0.25, 0.3) is 0 Å². The summed E-state index contributed by atoms with van der Waals surface area (Å²) in [5.74, 6) is -2.53. The molecule has 1 aliphatic heterocycles. The molecule has 1 saturated heterocycles. The van der Waals surface area contributed by atoms with Gasteiger partial charge in [0.1, 0.15) is 5.82 Å². The molecule has 1 unspecified atom stereocenters. The number of aromatic amines is 1. The molecule has 0 spiro atoms. The van der Waals surface area contributed by atoms with Crippen molar-refractivity contribution in [3.8, 4) is 0 Å². The highest BCUT2D eigenvalue weighted by Crippen LogP contribution is 2.26. The molecule has 1 aromatic heterocycles. The van der Waals surface area contributed by atoms with Crippen LogP contribution in [0, 0.1) is 0 Å². The standard InChI is InChI=1S/C20H26F2N6O2/c21-20(22,11-9-18-24-26-27-25-18)10-4-12-28-16(14-23-19(28)30)7-8-17(29)13-15-5-2-1-3-6-15/h1-3,5-8,16-17,29H,4,9-14H2,(H,23,30)(H,24,25,26,27)/b8-7+/t16-,17?/m0/s1. The molecule has 0 aliphatic carbocycles. The zero-order valence-electron chi connectivity index (χ0n) is 16.5. The Bertz CT molecular complexity index is 816. The van der Waals surface area contributed by atoms with E-state index in [1.165, 1.54) is 4.90 Å². The first-order valence-electron chi connectivity index (χ1n) is 9.98. The summed E-state index contributed by atoms with van der Waals surface area (Å²) in [5, 5.41) is 25.7. The topological polar surface area (TPSA) is 107 Å². The second-order valence-corrected chi connectivity index (χ2v) is 7.40. The Kier molecular flexibility index (Phi) is 7.45. The number of nitrogens with one attached hydrogen (secondary N) is 2. The highest BCUT2D eigenvalue weighted by molar-refractivity contribution is 5.77. The smallest absolute Gasteiger partial charge is 0.318 e. The second-order valence-electron chi connectivity index (χ2n) is 7.40. The molecule has 1 aromatic carbocycles. The van der Waals surface area contributed by atoms with Crippen LogP contribution >= 0.6 is 0 Å². The maximum atomic E-state index is 14.1. The normalized spacial score (nSPS) is 18.2. The van der Waals surface area contributed by atoms with E-state index in [1.54, 1.807) is 12.2 Å². The van der Waals surface area contributed by atoms with E-state index in [1.807, 2.05) is 30.3 Å². The zero-order valence-corrected chi connectivity index (χ0v) is 16.5. The summed E-state index contributed by atoms with van der Waals surface area (Å²) in [4.78, 5) is 13.6. The lowest BCUT2D eigenvalue weighted by Gasteiger charge is -2.22. The quantitative estimate of drug-likeness (QED) is 0.483. The molecule has 8 nitrogen and oxygen atoms in total. The molecule has 3 N–H and O–H groups in total. The first-order valence-corrected chi connectivity index (χ1v) is 9.98. The van der Waals surface area contributed by atoms with Gasteiger partial charge in [0.15, 0.2) is 0 Å². The summed E-state index contributed by atoms with van der Waals surface area (Å²) in [7, 11) is 0. The molecule has 162 valence electrons. The van der Waals surface area contributed by atoms with Crippen LogP contribution in [0.15, 0.2) is 42.5 Å². The highest BCUT2D eigenvalue weighted by atomic mass is 19.3. The van der Waals surface area contributed by atoms with Crippen molar-refractivity contribution in [2.45, 2.75) is 50.2 Å². The average molecular weight is 420 g/mol. The molecule has 0 bridgehead atoms. The molecule has 2 atom stereocenters. The number of amides is 2. The number of aromatic nitrogens is 4. The van der Waals surface area contributed by atoms with Gasteiger partial charge in [0, 0.05) is 38.8 Å². The predicted octanol–water partition coefficient (Wildman–Crippen LogP) is 2.10. The van der Waals surface area contributed by atoms with Crippen LogP contribution in [0.3, 0.4) is 0 Å². The number of aliphatic hydroxyl groups excluding tert-OH is 1. The Morgan fingerprint density at radius 3 is 2.83 bits per heavy atom. The number of carbonyl (C=O) groups excluding carboxylic acids is 1. The number of aryl methyl sites for hydroxylation is 1. The number of nitrogens with zero attached hydrogens (tertiary/aromatic N) is 4. The summed E-state index contributed by atoms with van der Waals surface area (Å²) < 4.78 is 28.2. The fourth-order valence-electron chi connectivity index (χ4n) is 3.39. The number of tetrazole rings is 1. The number of H-pyrrole nitrogens is 1. The van der Waals surface area contributed by atoms with Gasteiger partial charge in [-0.25, -0.2) is 18.7 Å². The number of benzene rings is 1. The number of rotatable bonds is 11. The molecule has 1 fully saturated rings. The van der Waals surface area contributed by atoms with E-state index in [9.17, 15) is 18.7 Å². The lowest BCUT2D eigenvalue weighted by atomic mass is 10.1. The predicted molar refractivity (Wildman–Crippen MR) is 106 cm³/mol. The Morgan fingerprint density at radius 2 is 2.10 bits per heavy atom. The summed E-state index contributed by atoms with van der Waals surface area (Å²) >= 11 is 0. The number of urea groups is 1. The molecule has 10 heteroatoms. The van der Waals surface area contributed by atoms with Crippen LogP contribution in [0.4, 0.5) is 13.6 Å². The Labute approximate surface area is 173 Å². The molecule has 2 heterocycles. The summed E-state index contributed by atoms with van der Waals surface area (Å²) in [6.45, 7) is 0.608. The molecule has 2 aromatic rings. The Balaban J connectivity index is 1.45. The number of alkyl halides is 2.